The van der Waals surface area contributed by atoms with Crippen LogP contribution in [0.2, 0.25) is 0 Å². The maximum Gasteiger partial charge on any atom is 0.235 e. The average molecular weight is 158 g/mol. The number of nitrogens with zero attached hydrogens (tertiary/aromatic N) is 3. The molecular formula is C4H6N4OS. The van der Waals surface area contributed by atoms with E-state index in [4.69, 9.17) is 0 Å². The molecule has 0 saturated heterocycles. The fraction of sp³-hybridized carbons (Fsp3) is 0.250. The molecule has 0 aliphatic heterocycles. The summed E-state index contributed by atoms with van der Waals surface area (Å²) in [6, 6.07) is 0. The number of rotatable bonds is 1. The Bertz CT molecular complexity index is 245. The van der Waals surface area contributed by atoms with Gasteiger partial charge in [0.2, 0.25) is 11.1 Å². The molecule has 54 valence electrons. The largest absolute Gasteiger partial charge is 0.274 e. The molecule has 0 aliphatic rings. The van der Waals surface area contributed by atoms with E-state index in [2.05, 4.69) is 28.3 Å². The zero-order chi connectivity index (χ0) is 7.56. The van der Waals surface area contributed by atoms with Gasteiger partial charge in [-0.3, -0.25) is 10.2 Å². The van der Waals surface area contributed by atoms with Crippen LogP contribution in [0.25, 0.3) is 0 Å². The molecular weight excluding hydrogens is 152 g/mol. The molecule has 10 heavy (non-hydrogen) atoms. The van der Waals surface area contributed by atoms with E-state index in [1.54, 1.807) is 0 Å². The minimum absolute atomic E-state index is 0.185. The summed E-state index contributed by atoms with van der Waals surface area (Å²) in [5.41, 5.74) is 2.43. The molecule has 0 bridgehead atoms. The van der Waals surface area contributed by atoms with Gasteiger partial charge in [0.15, 0.2) is 0 Å². The second-order valence-corrected chi connectivity index (χ2v) is 2.07. The zero-order valence-corrected chi connectivity index (χ0v) is 6.17. The number of hydrogen-bond acceptors (Lipinski definition) is 4. The van der Waals surface area contributed by atoms with Gasteiger partial charge in [0.25, 0.3) is 0 Å². The highest BCUT2D eigenvalue weighted by Crippen LogP contribution is 1.95. The van der Waals surface area contributed by atoms with E-state index < -0.39 is 0 Å². The predicted molar refractivity (Wildman–Crippen MR) is 37.3 cm³/mol. The van der Waals surface area contributed by atoms with Gasteiger partial charge in [0.05, 0.1) is 0 Å². The quantitative estimate of drug-likeness (QED) is 0.549. The van der Waals surface area contributed by atoms with Gasteiger partial charge in [-0.2, -0.15) is 0 Å². The van der Waals surface area contributed by atoms with Crippen molar-refractivity contribution in [3.05, 3.63) is 6.33 Å². The molecule has 0 fully saturated rings. The summed E-state index contributed by atoms with van der Waals surface area (Å²) in [5, 5.41) is 7.39. The number of nitrogens with one attached hydrogen (secondary N) is 1. The van der Waals surface area contributed by atoms with Crippen molar-refractivity contribution in [1.82, 2.24) is 14.9 Å². The smallest absolute Gasteiger partial charge is 0.235 e. The third-order valence-corrected chi connectivity index (χ3v) is 1.11. The van der Waals surface area contributed by atoms with E-state index >= 15 is 0 Å². The van der Waals surface area contributed by atoms with E-state index in [9.17, 15) is 4.79 Å². The molecule has 6 heteroatoms. The number of thiol groups is 1. The predicted octanol–water partition coefficient (Wildman–Crippen LogP) is -0.343. The summed E-state index contributed by atoms with van der Waals surface area (Å²) in [5.74, 6) is -0.185. The lowest BCUT2D eigenvalue weighted by Gasteiger charge is -2.00. The highest BCUT2D eigenvalue weighted by Gasteiger charge is 1.97. The molecule has 1 heterocycles. The monoisotopic (exact) mass is 158 g/mol. The maximum atomic E-state index is 10.4. The Morgan fingerprint density at radius 1 is 1.90 bits per heavy atom. The summed E-state index contributed by atoms with van der Waals surface area (Å²) in [7, 11) is 0. The lowest BCUT2D eigenvalue weighted by atomic mass is 10.8. The van der Waals surface area contributed by atoms with Crippen LogP contribution in [0.1, 0.15) is 6.92 Å². The second kappa shape index (κ2) is 2.70. The van der Waals surface area contributed by atoms with Crippen molar-refractivity contribution in [2.45, 2.75) is 12.1 Å². The zero-order valence-electron chi connectivity index (χ0n) is 5.27. The third kappa shape index (κ3) is 1.47. The van der Waals surface area contributed by atoms with E-state index in [-0.39, 0.29) is 5.91 Å². The van der Waals surface area contributed by atoms with E-state index in [0.717, 1.165) is 0 Å². The molecule has 0 aliphatic carbocycles. The highest BCUT2D eigenvalue weighted by atomic mass is 32.1. The Labute approximate surface area is 62.8 Å². The molecule has 1 aromatic rings. The minimum atomic E-state index is -0.185. The number of aromatic nitrogens is 3. The van der Waals surface area contributed by atoms with Gasteiger partial charge in [-0.25, -0.2) is 4.68 Å². The summed E-state index contributed by atoms with van der Waals surface area (Å²) < 4.78 is 1.32. The van der Waals surface area contributed by atoms with Gasteiger partial charge in [-0.05, 0) is 0 Å². The lowest BCUT2D eigenvalue weighted by Crippen LogP contribution is -2.19. The van der Waals surface area contributed by atoms with Crippen molar-refractivity contribution in [3.8, 4) is 0 Å². The first-order chi connectivity index (χ1) is 4.70. The Morgan fingerprint density at radius 2 is 2.60 bits per heavy atom. The molecule has 5 nitrogen and oxygen atoms in total. The number of amides is 1. The van der Waals surface area contributed by atoms with Crippen LogP contribution in [0.3, 0.4) is 0 Å². The Morgan fingerprint density at radius 3 is 3.00 bits per heavy atom. The molecule has 0 unspecified atom stereocenters. The van der Waals surface area contributed by atoms with Crippen LogP contribution in [-0.2, 0) is 4.79 Å². The standard InChI is InChI=1S/C4H6N4OS/c1-3(9)7-8-2-5-6-4(8)10/h2H,1H3,(H,6,10)(H,7,9). The molecule has 1 aromatic heterocycles. The van der Waals surface area contributed by atoms with Crippen LogP contribution < -0.4 is 5.43 Å². The Balaban J connectivity index is 2.74. The molecule has 0 aromatic carbocycles. The molecule has 0 radical (unpaired) electrons. The molecule has 0 spiro atoms. The summed E-state index contributed by atoms with van der Waals surface area (Å²) in [4.78, 5) is 10.4. The van der Waals surface area contributed by atoms with Gasteiger partial charge >= 0.3 is 0 Å². The average Bonchev–Trinajstić information content (AvgIpc) is 2.15. The summed E-state index contributed by atoms with van der Waals surface area (Å²) >= 11 is 3.90. The SMILES string of the molecule is CC(=O)Nn1cnnc1S. The van der Waals surface area contributed by atoms with E-state index in [1.165, 1.54) is 17.9 Å². The first-order valence-electron chi connectivity index (χ1n) is 2.56. The summed E-state index contributed by atoms with van der Waals surface area (Å²) in [6.45, 7) is 1.40. The van der Waals surface area contributed by atoms with Crippen molar-refractivity contribution in [2.75, 3.05) is 5.43 Å². The van der Waals surface area contributed by atoms with Gasteiger partial charge in [-0.15, -0.1) is 22.8 Å². The van der Waals surface area contributed by atoms with Crippen LogP contribution >= 0.6 is 12.6 Å². The van der Waals surface area contributed by atoms with Crippen LogP contribution in [0.5, 0.6) is 0 Å². The molecule has 0 atom stereocenters. The summed E-state index contributed by atoms with van der Waals surface area (Å²) in [6.07, 6.45) is 1.36. The van der Waals surface area contributed by atoms with Crippen molar-refractivity contribution in [3.63, 3.8) is 0 Å². The number of carbonyl (C=O) groups excluding carboxylic acids is 1. The van der Waals surface area contributed by atoms with Gasteiger partial charge < -0.3 is 0 Å². The molecule has 0 saturated carbocycles. The maximum absolute atomic E-state index is 10.4. The van der Waals surface area contributed by atoms with Crippen molar-refractivity contribution < 1.29 is 4.79 Å². The number of carbonyl (C=O) groups is 1. The minimum Gasteiger partial charge on any atom is -0.274 e. The molecule has 1 N–H and O–H groups in total. The van der Waals surface area contributed by atoms with Gasteiger partial charge in [0.1, 0.15) is 6.33 Å². The van der Waals surface area contributed by atoms with Crippen LogP contribution in [-0.4, -0.2) is 20.8 Å². The normalized spacial score (nSPS) is 9.40. The Hall–Kier alpha value is -1.04. The first kappa shape index (κ1) is 7.07. The van der Waals surface area contributed by atoms with Crippen LogP contribution in [0, 0.1) is 0 Å². The highest BCUT2D eigenvalue weighted by molar-refractivity contribution is 7.80. The lowest BCUT2D eigenvalue weighted by molar-refractivity contribution is -0.115. The van der Waals surface area contributed by atoms with Gasteiger partial charge in [-0.1, -0.05) is 0 Å². The third-order valence-electron chi connectivity index (χ3n) is 0.808. The van der Waals surface area contributed by atoms with Crippen molar-refractivity contribution in [2.24, 2.45) is 0 Å². The first-order valence-corrected chi connectivity index (χ1v) is 3.01. The molecule has 1 rings (SSSR count). The van der Waals surface area contributed by atoms with Crippen molar-refractivity contribution >= 4 is 18.5 Å². The van der Waals surface area contributed by atoms with E-state index in [0.29, 0.717) is 5.16 Å². The number of hydrogen-bond donors (Lipinski definition) is 2. The topological polar surface area (TPSA) is 59.8 Å². The van der Waals surface area contributed by atoms with Crippen LogP contribution in [0.4, 0.5) is 0 Å². The fourth-order valence-electron chi connectivity index (χ4n) is 0.477. The van der Waals surface area contributed by atoms with E-state index in [1.807, 2.05) is 0 Å². The Kier molecular flexibility index (Phi) is 1.91. The molecule has 1 amide bonds. The second-order valence-electron chi connectivity index (χ2n) is 1.67. The van der Waals surface area contributed by atoms with Gasteiger partial charge in [0, 0.05) is 6.92 Å². The van der Waals surface area contributed by atoms with Crippen LogP contribution in [0.15, 0.2) is 11.5 Å². The fourth-order valence-corrected chi connectivity index (χ4v) is 0.631. The van der Waals surface area contributed by atoms with Crippen molar-refractivity contribution in [1.29, 1.82) is 0 Å².